The smallest absolute Gasteiger partial charge is 0.406 e. The van der Waals surface area contributed by atoms with Crippen LogP contribution in [0.4, 0.5) is 13.2 Å². The Labute approximate surface area is 120 Å². The van der Waals surface area contributed by atoms with Gasteiger partial charge in [0.25, 0.3) is 0 Å². The average molecular weight is 296 g/mol. The zero-order valence-corrected chi connectivity index (χ0v) is 11.4. The molecule has 1 atom stereocenters. The molecule has 0 saturated carbocycles. The fraction of sp³-hybridized carbons (Fsp3) is 0.250. The second-order valence-corrected chi connectivity index (χ2v) is 4.62. The highest BCUT2D eigenvalue weighted by molar-refractivity contribution is 5.36. The first kappa shape index (κ1) is 15.4. The lowest BCUT2D eigenvalue weighted by Crippen LogP contribution is -2.17. The van der Waals surface area contributed by atoms with Gasteiger partial charge in [0.15, 0.2) is 0 Å². The molecule has 0 aliphatic heterocycles. The molecule has 0 fully saturated rings. The van der Waals surface area contributed by atoms with Crippen LogP contribution in [0, 0.1) is 0 Å². The molecule has 0 aliphatic rings. The molecule has 0 heterocycles. The summed E-state index contributed by atoms with van der Waals surface area (Å²) in [4.78, 5) is 0. The van der Waals surface area contributed by atoms with Crippen molar-refractivity contribution in [2.45, 2.75) is 25.8 Å². The van der Waals surface area contributed by atoms with Gasteiger partial charge in [-0.2, -0.15) is 0 Å². The topological polar surface area (TPSA) is 29.5 Å². The minimum absolute atomic E-state index is 0.343. The van der Waals surface area contributed by atoms with Gasteiger partial charge in [0.1, 0.15) is 11.9 Å². The number of benzene rings is 2. The largest absolute Gasteiger partial charge is 0.573 e. The molecule has 0 aliphatic carbocycles. The molecule has 112 valence electrons. The van der Waals surface area contributed by atoms with Crippen LogP contribution in [0.15, 0.2) is 48.5 Å². The summed E-state index contributed by atoms with van der Waals surface area (Å²) in [6.07, 6.45) is -4.86. The number of aliphatic hydroxyl groups excluding tert-OH is 1. The normalized spacial score (nSPS) is 13.0. The molecular weight excluding hydrogens is 281 g/mol. The molecule has 0 bridgehead atoms. The van der Waals surface area contributed by atoms with Gasteiger partial charge in [-0.15, -0.1) is 13.2 Å². The predicted molar refractivity (Wildman–Crippen MR) is 73.0 cm³/mol. The van der Waals surface area contributed by atoms with Crippen molar-refractivity contribution in [3.05, 3.63) is 65.2 Å². The van der Waals surface area contributed by atoms with Gasteiger partial charge in [0.2, 0.25) is 0 Å². The molecule has 2 nitrogen and oxygen atoms in total. The average Bonchev–Trinajstić information content (AvgIpc) is 2.45. The van der Waals surface area contributed by atoms with Crippen LogP contribution < -0.4 is 4.74 Å². The van der Waals surface area contributed by atoms with Crippen molar-refractivity contribution in [3.8, 4) is 5.75 Å². The van der Waals surface area contributed by atoms with Crippen LogP contribution in [-0.4, -0.2) is 11.5 Å². The third-order valence-electron chi connectivity index (χ3n) is 3.11. The molecule has 1 unspecified atom stereocenters. The molecule has 1 N–H and O–H groups in total. The maximum atomic E-state index is 12.2. The number of ether oxygens (including phenoxy) is 1. The number of alkyl halides is 3. The van der Waals surface area contributed by atoms with Crippen molar-refractivity contribution in [1.29, 1.82) is 0 Å². The number of rotatable bonds is 4. The second kappa shape index (κ2) is 6.18. The Balaban J connectivity index is 2.22. The van der Waals surface area contributed by atoms with Crippen molar-refractivity contribution >= 4 is 0 Å². The summed E-state index contributed by atoms with van der Waals surface area (Å²) in [6, 6.07) is 12.7. The standard InChI is InChI=1S/C16H15F3O2/c1-2-11-6-8-12(9-7-11)15(20)13-4-3-5-14(10-13)21-16(17,18)19/h3-10,15,20H,2H2,1H3. The zero-order valence-electron chi connectivity index (χ0n) is 11.4. The van der Waals surface area contributed by atoms with Crippen LogP contribution in [0.1, 0.15) is 29.7 Å². The van der Waals surface area contributed by atoms with Crippen LogP contribution in [0.25, 0.3) is 0 Å². The summed E-state index contributed by atoms with van der Waals surface area (Å²) in [7, 11) is 0. The zero-order chi connectivity index (χ0) is 15.5. The monoisotopic (exact) mass is 296 g/mol. The highest BCUT2D eigenvalue weighted by atomic mass is 19.4. The third-order valence-corrected chi connectivity index (χ3v) is 3.11. The van der Waals surface area contributed by atoms with E-state index in [-0.39, 0.29) is 5.75 Å². The molecule has 2 rings (SSSR count). The molecule has 2 aromatic rings. The van der Waals surface area contributed by atoms with E-state index in [1.165, 1.54) is 18.2 Å². The summed E-state index contributed by atoms with van der Waals surface area (Å²) in [5.74, 6) is -0.343. The van der Waals surface area contributed by atoms with Crippen LogP contribution in [0.3, 0.4) is 0 Å². The number of aliphatic hydroxyl groups is 1. The van der Waals surface area contributed by atoms with Gasteiger partial charge < -0.3 is 9.84 Å². The van der Waals surface area contributed by atoms with Crippen LogP contribution in [0.5, 0.6) is 5.75 Å². The first-order valence-corrected chi connectivity index (χ1v) is 6.51. The summed E-state index contributed by atoms with van der Waals surface area (Å²) >= 11 is 0. The highest BCUT2D eigenvalue weighted by Gasteiger charge is 2.31. The third kappa shape index (κ3) is 4.23. The Hall–Kier alpha value is -2.01. The molecule has 21 heavy (non-hydrogen) atoms. The van der Waals surface area contributed by atoms with Gasteiger partial charge in [-0.1, -0.05) is 43.3 Å². The van der Waals surface area contributed by atoms with Crippen LogP contribution in [-0.2, 0) is 6.42 Å². The lowest BCUT2D eigenvalue weighted by molar-refractivity contribution is -0.274. The summed E-state index contributed by atoms with van der Waals surface area (Å²) < 4.78 is 40.4. The summed E-state index contributed by atoms with van der Waals surface area (Å²) in [5, 5.41) is 10.2. The van der Waals surface area contributed by atoms with Crippen molar-refractivity contribution in [2.75, 3.05) is 0 Å². The van der Waals surface area contributed by atoms with E-state index in [0.717, 1.165) is 12.0 Å². The Morgan fingerprint density at radius 1 is 1.05 bits per heavy atom. The second-order valence-electron chi connectivity index (χ2n) is 4.62. The van der Waals surface area contributed by atoms with E-state index in [1.807, 2.05) is 19.1 Å². The van der Waals surface area contributed by atoms with Gasteiger partial charge in [0, 0.05) is 0 Å². The van der Waals surface area contributed by atoms with Crippen molar-refractivity contribution in [1.82, 2.24) is 0 Å². The first-order valence-electron chi connectivity index (χ1n) is 6.51. The molecule has 0 spiro atoms. The highest BCUT2D eigenvalue weighted by Crippen LogP contribution is 2.28. The first-order chi connectivity index (χ1) is 9.89. The number of halogens is 3. The lowest BCUT2D eigenvalue weighted by atomic mass is 10.00. The molecular formula is C16H15F3O2. The van der Waals surface area contributed by atoms with E-state index in [4.69, 9.17) is 0 Å². The minimum atomic E-state index is -4.74. The summed E-state index contributed by atoms with van der Waals surface area (Å²) in [6.45, 7) is 2.02. The van der Waals surface area contributed by atoms with Gasteiger partial charge in [-0.3, -0.25) is 0 Å². The van der Waals surface area contributed by atoms with Gasteiger partial charge >= 0.3 is 6.36 Å². The molecule has 0 saturated heterocycles. The van der Waals surface area contributed by atoms with E-state index in [1.54, 1.807) is 18.2 Å². The molecule has 2 aromatic carbocycles. The van der Waals surface area contributed by atoms with Gasteiger partial charge in [0.05, 0.1) is 0 Å². The fourth-order valence-electron chi connectivity index (χ4n) is 2.01. The van der Waals surface area contributed by atoms with Crippen LogP contribution >= 0.6 is 0 Å². The Bertz CT molecular complexity index is 591. The summed E-state index contributed by atoms with van der Waals surface area (Å²) in [5.41, 5.74) is 2.09. The Morgan fingerprint density at radius 3 is 2.29 bits per heavy atom. The van der Waals surface area contributed by atoms with E-state index >= 15 is 0 Å². The number of hydrogen-bond acceptors (Lipinski definition) is 2. The maximum Gasteiger partial charge on any atom is 0.573 e. The molecule has 0 radical (unpaired) electrons. The Morgan fingerprint density at radius 2 is 1.71 bits per heavy atom. The van der Waals surface area contributed by atoms with Gasteiger partial charge in [-0.05, 0) is 35.2 Å². The number of aryl methyl sites for hydroxylation is 1. The van der Waals surface area contributed by atoms with E-state index in [9.17, 15) is 18.3 Å². The number of hydrogen-bond donors (Lipinski definition) is 1. The van der Waals surface area contributed by atoms with E-state index in [2.05, 4.69) is 4.74 Å². The fourth-order valence-corrected chi connectivity index (χ4v) is 2.01. The van der Waals surface area contributed by atoms with Crippen molar-refractivity contribution < 1.29 is 23.0 Å². The van der Waals surface area contributed by atoms with E-state index in [0.29, 0.717) is 11.1 Å². The Kier molecular flexibility index (Phi) is 4.53. The van der Waals surface area contributed by atoms with Crippen LogP contribution in [0.2, 0.25) is 0 Å². The lowest BCUT2D eigenvalue weighted by Gasteiger charge is -2.14. The predicted octanol–water partition coefficient (Wildman–Crippen LogP) is 4.23. The van der Waals surface area contributed by atoms with Gasteiger partial charge in [-0.25, -0.2) is 0 Å². The minimum Gasteiger partial charge on any atom is -0.406 e. The quantitative estimate of drug-likeness (QED) is 0.915. The molecule has 0 amide bonds. The maximum absolute atomic E-state index is 12.2. The molecule has 5 heteroatoms. The SMILES string of the molecule is CCc1ccc(C(O)c2cccc(OC(F)(F)F)c2)cc1. The molecule has 0 aromatic heterocycles. The van der Waals surface area contributed by atoms with Crippen molar-refractivity contribution in [2.24, 2.45) is 0 Å². The van der Waals surface area contributed by atoms with Crippen molar-refractivity contribution in [3.63, 3.8) is 0 Å². The van der Waals surface area contributed by atoms with E-state index < -0.39 is 12.5 Å².